The van der Waals surface area contributed by atoms with Gasteiger partial charge in [0.1, 0.15) is 6.61 Å². The molecule has 2 fully saturated rings. The average Bonchev–Trinajstić information content (AvgIpc) is 2.83. The highest BCUT2D eigenvalue weighted by Gasteiger charge is 2.18. The van der Waals surface area contributed by atoms with E-state index in [1.807, 2.05) is 0 Å². The van der Waals surface area contributed by atoms with Crippen molar-refractivity contribution in [3.63, 3.8) is 0 Å². The zero-order valence-electron chi connectivity index (χ0n) is 10.7. The lowest BCUT2D eigenvalue weighted by molar-refractivity contribution is -0.127. The molecule has 0 aromatic rings. The molecule has 0 saturated carbocycles. The maximum atomic E-state index is 11.6. The minimum absolute atomic E-state index is 0. The summed E-state index contributed by atoms with van der Waals surface area (Å²) >= 11 is 0. The third kappa shape index (κ3) is 5.52. The molecule has 2 heterocycles. The van der Waals surface area contributed by atoms with E-state index in [1.54, 1.807) is 0 Å². The SMILES string of the molecule is Cl.O=C(COCC1CCOC1)N[C@H]1CCCNC1. The van der Waals surface area contributed by atoms with Crippen molar-refractivity contribution in [2.45, 2.75) is 25.3 Å². The number of hydrogen-bond donors (Lipinski definition) is 2. The Morgan fingerprint density at radius 2 is 2.33 bits per heavy atom. The Hall–Kier alpha value is -0.360. The van der Waals surface area contributed by atoms with E-state index in [0.717, 1.165) is 45.6 Å². The molecule has 0 bridgehead atoms. The zero-order chi connectivity index (χ0) is 11.9. The van der Waals surface area contributed by atoms with Crippen LogP contribution in [0.15, 0.2) is 0 Å². The van der Waals surface area contributed by atoms with Crippen LogP contribution in [0.4, 0.5) is 0 Å². The molecule has 5 nitrogen and oxygen atoms in total. The van der Waals surface area contributed by atoms with Crippen molar-refractivity contribution in [2.24, 2.45) is 5.92 Å². The van der Waals surface area contributed by atoms with Crippen LogP contribution >= 0.6 is 12.4 Å². The summed E-state index contributed by atoms with van der Waals surface area (Å²) in [7, 11) is 0. The van der Waals surface area contributed by atoms with Crippen molar-refractivity contribution < 1.29 is 14.3 Å². The lowest BCUT2D eigenvalue weighted by Gasteiger charge is -2.23. The highest BCUT2D eigenvalue weighted by Crippen LogP contribution is 2.12. The Labute approximate surface area is 114 Å². The van der Waals surface area contributed by atoms with E-state index in [1.165, 1.54) is 0 Å². The molecule has 0 aromatic carbocycles. The number of hydrogen-bond acceptors (Lipinski definition) is 4. The summed E-state index contributed by atoms with van der Waals surface area (Å²) in [5, 5.41) is 6.26. The van der Waals surface area contributed by atoms with Crippen LogP contribution < -0.4 is 10.6 Å². The molecule has 0 aliphatic carbocycles. The molecule has 106 valence electrons. The third-order valence-electron chi connectivity index (χ3n) is 3.27. The fraction of sp³-hybridized carbons (Fsp3) is 0.917. The number of ether oxygens (including phenoxy) is 2. The molecule has 1 unspecified atom stereocenters. The van der Waals surface area contributed by atoms with E-state index >= 15 is 0 Å². The molecule has 1 amide bonds. The van der Waals surface area contributed by atoms with Gasteiger partial charge in [0.05, 0.1) is 13.2 Å². The molecule has 2 N–H and O–H groups in total. The summed E-state index contributed by atoms with van der Waals surface area (Å²) in [6.07, 6.45) is 3.24. The number of nitrogens with one attached hydrogen (secondary N) is 2. The van der Waals surface area contributed by atoms with Gasteiger partial charge in [-0.3, -0.25) is 4.79 Å². The minimum atomic E-state index is -0.00221. The van der Waals surface area contributed by atoms with Crippen LogP contribution in [0.1, 0.15) is 19.3 Å². The van der Waals surface area contributed by atoms with Crippen molar-refractivity contribution in [1.29, 1.82) is 0 Å². The van der Waals surface area contributed by atoms with Gasteiger partial charge in [-0.1, -0.05) is 0 Å². The van der Waals surface area contributed by atoms with Crippen molar-refractivity contribution >= 4 is 18.3 Å². The Morgan fingerprint density at radius 1 is 1.44 bits per heavy atom. The van der Waals surface area contributed by atoms with Crippen LogP contribution in [0, 0.1) is 5.92 Å². The van der Waals surface area contributed by atoms with E-state index in [4.69, 9.17) is 9.47 Å². The van der Waals surface area contributed by atoms with Gasteiger partial charge in [0.15, 0.2) is 0 Å². The Balaban J connectivity index is 0.00000162. The molecule has 6 heteroatoms. The number of carbonyl (C=O) groups excluding carboxylic acids is 1. The smallest absolute Gasteiger partial charge is 0.246 e. The van der Waals surface area contributed by atoms with Crippen molar-refractivity contribution in [3.05, 3.63) is 0 Å². The van der Waals surface area contributed by atoms with Crippen LogP contribution in [-0.2, 0) is 14.3 Å². The van der Waals surface area contributed by atoms with Crippen molar-refractivity contribution in [2.75, 3.05) is 39.5 Å². The van der Waals surface area contributed by atoms with Crippen LogP contribution in [0.3, 0.4) is 0 Å². The second kappa shape index (κ2) is 8.69. The predicted octanol–water partition coefficient (Wildman–Crippen LogP) is 0.330. The Kier molecular flexibility index (Phi) is 7.58. The zero-order valence-corrected chi connectivity index (χ0v) is 11.5. The van der Waals surface area contributed by atoms with Crippen LogP contribution in [0.25, 0.3) is 0 Å². The molecule has 2 aliphatic heterocycles. The first kappa shape index (κ1) is 15.7. The molecule has 18 heavy (non-hydrogen) atoms. The molecular formula is C12H23ClN2O3. The highest BCUT2D eigenvalue weighted by atomic mass is 35.5. The van der Waals surface area contributed by atoms with Crippen LogP contribution in [-0.4, -0.2) is 51.5 Å². The van der Waals surface area contributed by atoms with E-state index in [0.29, 0.717) is 12.5 Å². The summed E-state index contributed by atoms with van der Waals surface area (Å²) in [6, 6.07) is 0.273. The summed E-state index contributed by atoms with van der Waals surface area (Å²) in [4.78, 5) is 11.6. The van der Waals surface area contributed by atoms with Crippen molar-refractivity contribution in [1.82, 2.24) is 10.6 Å². The third-order valence-corrected chi connectivity index (χ3v) is 3.27. The number of carbonyl (C=O) groups is 1. The molecule has 0 spiro atoms. The van der Waals surface area contributed by atoms with Gasteiger partial charge >= 0.3 is 0 Å². The normalized spacial score (nSPS) is 27.6. The van der Waals surface area contributed by atoms with Gasteiger partial charge in [-0.15, -0.1) is 12.4 Å². The van der Waals surface area contributed by atoms with Gasteiger partial charge in [-0.05, 0) is 25.8 Å². The lowest BCUT2D eigenvalue weighted by atomic mass is 10.1. The first-order chi connectivity index (χ1) is 8.34. The quantitative estimate of drug-likeness (QED) is 0.761. The largest absolute Gasteiger partial charge is 0.381 e. The van der Waals surface area contributed by atoms with Gasteiger partial charge in [-0.25, -0.2) is 0 Å². The summed E-state index contributed by atoms with van der Waals surface area (Å²) in [6.45, 7) is 4.35. The van der Waals surface area contributed by atoms with E-state index < -0.39 is 0 Å². The monoisotopic (exact) mass is 278 g/mol. The molecule has 2 aliphatic rings. The molecule has 2 atom stereocenters. The first-order valence-corrected chi connectivity index (χ1v) is 6.50. The fourth-order valence-electron chi connectivity index (χ4n) is 2.28. The summed E-state index contributed by atoms with van der Waals surface area (Å²) < 4.78 is 10.7. The molecule has 0 aromatic heterocycles. The fourth-order valence-corrected chi connectivity index (χ4v) is 2.28. The van der Waals surface area contributed by atoms with Crippen LogP contribution in [0.5, 0.6) is 0 Å². The van der Waals surface area contributed by atoms with E-state index in [-0.39, 0.29) is 31.0 Å². The van der Waals surface area contributed by atoms with Crippen LogP contribution in [0.2, 0.25) is 0 Å². The average molecular weight is 279 g/mol. The van der Waals surface area contributed by atoms with Gasteiger partial charge in [0.25, 0.3) is 0 Å². The van der Waals surface area contributed by atoms with Gasteiger partial charge in [-0.2, -0.15) is 0 Å². The Morgan fingerprint density at radius 3 is 3.00 bits per heavy atom. The molecular weight excluding hydrogens is 256 g/mol. The molecule has 2 rings (SSSR count). The lowest BCUT2D eigenvalue weighted by Crippen LogP contribution is -2.46. The molecule has 2 saturated heterocycles. The Bertz CT molecular complexity index is 241. The predicted molar refractivity (Wildman–Crippen MR) is 71.0 cm³/mol. The van der Waals surface area contributed by atoms with Gasteiger partial charge in [0.2, 0.25) is 5.91 Å². The standard InChI is InChI=1S/C12H22N2O3.ClH/c15-12(14-11-2-1-4-13-6-11)9-17-8-10-3-5-16-7-10;/h10-11,13H,1-9H2,(H,14,15);1H/t10?,11-;/m0./s1. The first-order valence-electron chi connectivity index (χ1n) is 6.50. The minimum Gasteiger partial charge on any atom is -0.381 e. The summed E-state index contributed by atoms with van der Waals surface area (Å²) in [5.41, 5.74) is 0. The maximum absolute atomic E-state index is 11.6. The maximum Gasteiger partial charge on any atom is 0.246 e. The number of halogens is 1. The number of rotatable bonds is 5. The number of piperidine rings is 1. The van der Waals surface area contributed by atoms with Crippen molar-refractivity contribution in [3.8, 4) is 0 Å². The summed E-state index contributed by atoms with van der Waals surface area (Å²) in [5.74, 6) is 0.469. The van der Waals surface area contributed by atoms with Gasteiger partial charge in [0, 0.05) is 25.1 Å². The van der Waals surface area contributed by atoms with E-state index in [9.17, 15) is 4.79 Å². The second-order valence-electron chi connectivity index (χ2n) is 4.86. The second-order valence-corrected chi connectivity index (χ2v) is 4.86. The van der Waals surface area contributed by atoms with Gasteiger partial charge < -0.3 is 20.1 Å². The molecule has 0 radical (unpaired) electrons. The van der Waals surface area contributed by atoms with E-state index in [2.05, 4.69) is 10.6 Å². The highest BCUT2D eigenvalue weighted by molar-refractivity contribution is 5.85. The number of amides is 1. The topological polar surface area (TPSA) is 59.6 Å².